The van der Waals surface area contributed by atoms with Crippen LogP contribution in [0, 0.1) is 0 Å². The van der Waals surface area contributed by atoms with E-state index in [1.165, 1.54) is 11.8 Å². The minimum absolute atomic E-state index is 0.0450. The highest BCUT2D eigenvalue weighted by Crippen LogP contribution is 2.33. The van der Waals surface area contributed by atoms with Gasteiger partial charge in [0.1, 0.15) is 0 Å². The predicted octanol–water partition coefficient (Wildman–Crippen LogP) is 2.35. The third-order valence-electron chi connectivity index (χ3n) is 2.28. The Bertz CT molecular complexity index is 661. The minimum Gasteiger partial charge on any atom is -0.419 e. The second-order valence-electron chi connectivity index (χ2n) is 3.69. The summed E-state index contributed by atoms with van der Waals surface area (Å²) in [6, 6.07) is 3.88. The van der Waals surface area contributed by atoms with E-state index in [4.69, 9.17) is 10.2 Å². The van der Waals surface area contributed by atoms with Crippen LogP contribution in [0.2, 0.25) is 0 Å². The van der Waals surface area contributed by atoms with Crippen LogP contribution in [0.4, 0.5) is 5.95 Å². The van der Waals surface area contributed by atoms with E-state index < -0.39 is 0 Å². The molecule has 0 saturated carbocycles. The van der Waals surface area contributed by atoms with E-state index in [2.05, 4.69) is 25.4 Å². The number of aromatic nitrogens is 5. The van der Waals surface area contributed by atoms with Gasteiger partial charge in [0.25, 0.3) is 5.89 Å². The average molecular weight is 294 g/mol. The molecule has 7 nitrogen and oxygen atoms in total. The maximum absolute atomic E-state index is 5.64. The molecule has 0 aliphatic heterocycles. The number of thioether (sulfide) groups is 1. The van der Waals surface area contributed by atoms with Crippen molar-refractivity contribution in [2.24, 2.45) is 0 Å². The molecule has 0 bridgehead atoms. The van der Waals surface area contributed by atoms with Crippen LogP contribution >= 0.6 is 23.1 Å². The Morgan fingerprint density at radius 1 is 1.47 bits per heavy atom. The number of nitrogen functional groups attached to an aromatic ring is 1. The molecule has 0 fully saturated rings. The molecule has 0 radical (unpaired) electrons. The molecule has 0 aliphatic rings. The molecule has 0 saturated heterocycles. The van der Waals surface area contributed by atoms with Gasteiger partial charge in [-0.05, 0) is 18.4 Å². The van der Waals surface area contributed by atoms with Crippen LogP contribution in [0.5, 0.6) is 0 Å². The Labute approximate surface area is 116 Å². The monoisotopic (exact) mass is 294 g/mol. The number of hydrogen-bond acceptors (Lipinski definition) is 8. The number of rotatable bonds is 4. The van der Waals surface area contributed by atoms with Gasteiger partial charge in [0.2, 0.25) is 17.0 Å². The van der Waals surface area contributed by atoms with E-state index in [0.717, 1.165) is 4.88 Å². The molecule has 3 rings (SSSR count). The van der Waals surface area contributed by atoms with Crippen LogP contribution in [-0.4, -0.2) is 25.4 Å². The third-order valence-corrected chi connectivity index (χ3v) is 4.09. The van der Waals surface area contributed by atoms with Crippen molar-refractivity contribution in [1.29, 1.82) is 0 Å². The molecule has 0 spiro atoms. The second-order valence-corrected chi connectivity index (χ2v) is 5.94. The Hall–Kier alpha value is -1.87. The van der Waals surface area contributed by atoms with Crippen LogP contribution in [0.25, 0.3) is 10.8 Å². The summed E-state index contributed by atoms with van der Waals surface area (Å²) in [5, 5.41) is 17.1. The van der Waals surface area contributed by atoms with Crippen molar-refractivity contribution in [3.05, 3.63) is 23.4 Å². The van der Waals surface area contributed by atoms with Crippen molar-refractivity contribution in [2.45, 2.75) is 17.3 Å². The number of hydrogen-bond donors (Lipinski definition) is 2. The lowest BCUT2D eigenvalue weighted by atomic mass is 10.5. The van der Waals surface area contributed by atoms with Crippen molar-refractivity contribution in [3.63, 3.8) is 0 Å². The van der Waals surface area contributed by atoms with Gasteiger partial charge < -0.3 is 10.2 Å². The number of nitrogens with zero attached hydrogens (tertiary/aromatic N) is 4. The summed E-state index contributed by atoms with van der Waals surface area (Å²) in [5.41, 5.74) is 5.47. The lowest BCUT2D eigenvalue weighted by Crippen LogP contribution is -1.90. The standard InChI is InChI=1S/C10H10N6OS2/c1-5(19-10-12-9(11)15-16-10)7-13-14-8(17-7)6-3-2-4-18-6/h2-5H,1H3,(H3,11,12,15,16). The van der Waals surface area contributed by atoms with Crippen LogP contribution in [0.15, 0.2) is 27.1 Å². The highest BCUT2D eigenvalue weighted by Gasteiger charge is 2.18. The smallest absolute Gasteiger partial charge is 0.257 e. The van der Waals surface area contributed by atoms with Gasteiger partial charge in [0.05, 0.1) is 10.1 Å². The first-order valence-corrected chi connectivity index (χ1v) is 7.20. The first-order chi connectivity index (χ1) is 9.22. The number of thiophene rings is 1. The van der Waals surface area contributed by atoms with Crippen molar-refractivity contribution in [1.82, 2.24) is 25.4 Å². The van der Waals surface area contributed by atoms with Crippen molar-refractivity contribution in [2.75, 3.05) is 5.73 Å². The molecule has 9 heteroatoms. The quantitative estimate of drug-likeness (QED) is 0.711. The molecule has 0 aliphatic carbocycles. The van der Waals surface area contributed by atoms with E-state index in [1.54, 1.807) is 11.3 Å². The van der Waals surface area contributed by atoms with Gasteiger partial charge in [-0.25, -0.2) is 5.10 Å². The summed E-state index contributed by atoms with van der Waals surface area (Å²) in [7, 11) is 0. The van der Waals surface area contributed by atoms with Gasteiger partial charge in [-0.3, -0.25) is 0 Å². The lowest BCUT2D eigenvalue weighted by molar-refractivity contribution is 0.510. The molecule has 3 aromatic rings. The third kappa shape index (κ3) is 2.61. The van der Waals surface area contributed by atoms with Crippen molar-refractivity contribution in [3.8, 4) is 10.8 Å². The molecule has 19 heavy (non-hydrogen) atoms. The first kappa shape index (κ1) is 12.2. The summed E-state index contributed by atoms with van der Waals surface area (Å²) in [6.07, 6.45) is 0. The summed E-state index contributed by atoms with van der Waals surface area (Å²) < 4.78 is 5.64. The van der Waals surface area contributed by atoms with Crippen LogP contribution in [0.1, 0.15) is 18.1 Å². The molecule has 1 atom stereocenters. The fourth-order valence-electron chi connectivity index (χ4n) is 1.42. The summed E-state index contributed by atoms with van der Waals surface area (Å²) in [6.45, 7) is 1.95. The fraction of sp³-hybridized carbons (Fsp3) is 0.200. The van der Waals surface area contributed by atoms with E-state index in [0.29, 0.717) is 22.9 Å². The normalized spacial score (nSPS) is 12.7. The predicted molar refractivity (Wildman–Crippen MR) is 72.7 cm³/mol. The Morgan fingerprint density at radius 3 is 3.05 bits per heavy atom. The lowest BCUT2D eigenvalue weighted by Gasteiger charge is -2.01. The fourth-order valence-corrected chi connectivity index (χ4v) is 2.82. The minimum atomic E-state index is -0.0450. The summed E-state index contributed by atoms with van der Waals surface area (Å²) in [4.78, 5) is 4.98. The SMILES string of the molecule is CC(Sc1n[nH]c(N)n1)c1nnc(-c2cccs2)o1. The molecule has 0 amide bonds. The van der Waals surface area contributed by atoms with E-state index in [1.807, 2.05) is 24.4 Å². The van der Waals surface area contributed by atoms with E-state index in [9.17, 15) is 0 Å². The number of H-pyrrole nitrogens is 1. The van der Waals surface area contributed by atoms with Gasteiger partial charge >= 0.3 is 0 Å². The average Bonchev–Trinajstić information content (AvgIpc) is 3.08. The Balaban J connectivity index is 1.75. The van der Waals surface area contributed by atoms with Crippen LogP contribution in [0.3, 0.4) is 0 Å². The van der Waals surface area contributed by atoms with Gasteiger partial charge in [-0.15, -0.1) is 26.6 Å². The van der Waals surface area contributed by atoms with Gasteiger partial charge in [0, 0.05) is 0 Å². The number of anilines is 1. The highest BCUT2D eigenvalue weighted by atomic mass is 32.2. The number of aromatic amines is 1. The molecular weight excluding hydrogens is 284 g/mol. The van der Waals surface area contributed by atoms with Gasteiger partial charge in [-0.1, -0.05) is 17.8 Å². The molecule has 0 aromatic carbocycles. The van der Waals surface area contributed by atoms with E-state index >= 15 is 0 Å². The zero-order chi connectivity index (χ0) is 13.2. The Morgan fingerprint density at radius 2 is 2.37 bits per heavy atom. The molecular formula is C10H10N6OS2. The second kappa shape index (κ2) is 5.02. The maximum atomic E-state index is 5.64. The van der Waals surface area contributed by atoms with Crippen molar-refractivity contribution < 1.29 is 4.42 Å². The number of nitrogens with one attached hydrogen (secondary N) is 1. The Kier molecular flexibility index (Phi) is 3.22. The summed E-state index contributed by atoms with van der Waals surface area (Å²) in [5.74, 6) is 1.36. The number of nitrogens with two attached hydrogens (primary N) is 1. The maximum Gasteiger partial charge on any atom is 0.257 e. The highest BCUT2D eigenvalue weighted by molar-refractivity contribution is 7.99. The molecule has 3 aromatic heterocycles. The van der Waals surface area contributed by atoms with E-state index in [-0.39, 0.29) is 5.25 Å². The topological polar surface area (TPSA) is 107 Å². The molecule has 3 N–H and O–H groups in total. The van der Waals surface area contributed by atoms with Crippen LogP contribution < -0.4 is 5.73 Å². The van der Waals surface area contributed by atoms with Gasteiger partial charge in [0.15, 0.2) is 0 Å². The zero-order valence-electron chi connectivity index (χ0n) is 9.90. The largest absolute Gasteiger partial charge is 0.419 e. The molecule has 98 valence electrons. The molecule has 1 unspecified atom stereocenters. The van der Waals surface area contributed by atoms with Gasteiger partial charge in [-0.2, -0.15) is 4.98 Å². The van der Waals surface area contributed by atoms with Crippen molar-refractivity contribution >= 4 is 29.0 Å². The molecule has 3 heterocycles. The summed E-state index contributed by atoms with van der Waals surface area (Å²) >= 11 is 2.96. The first-order valence-electron chi connectivity index (χ1n) is 5.44. The van der Waals surface area contributed by atoms with Crippen LogP contribution in [-0.2, 0) is 0 Å². The zero-order valence-corrected chi connectivity index (χ0v) is 11.5.